The molecule has 0 saturated heterocycles. The predicted octanol–water partition coefficient (Wildman–Crippen LogP) is 5.49. The second-order valence-corrected chi connectivity index (χ2v) is 11.1. The zero-order valence-electron chi connectivity index (χ0n) is 17.8. The standard InChI is InChI=1S/C24H25BrN2O3S/c1-4-30-23(29)21-20(17-10-11-18(25)31-17)19-15(12-24(2,3)13-16(19)28)27(22(21)26)14-8-6-5-7-9-14/h5-11,20H,4,12-13,26H2,1-3H3/t20-/m1/s1. The molecular formula is C24H25BrN2O3S. The van der Waals surface area contributed by atoms with Gasteiger partial charge in [0.15, 0.2) is 5.78 Å². The lowest BCUT2D eigenvalue weighted by Gasteiger charge is -2.44. The zero-order chi connectivity index (χ0) is 22.3. The number of halogens is 1. The van der Waals surface area contributed by atoms with Crippen LogP contribution in [-0.2, 0) is 14.3 Å². The number of anilines is 1. The molecule has 2 aromatic rings. The van der Waals surface area contributed by atoms with Crippen molar-refractivity contribution < 1.29 is 14.3 Å². The molecule has 0 saturated carbocycles. The minimum atomic E-state index is -0.533. The van der Waals surface area contributed by atoms with E-state index in [1.165, 1.54) is 11.3 Å². The molecule has 2 heterocycles. The molecule has 0 amide bonds. The Bertz CT molecular complexity index is 1100. The van der Waals surface area contributed by atoms with Gasteiger partial charge in [-0.15, -0.1) is 11.3 Å². The van der Waals surface area contributed by atoms with Crippen molar-refractivity contribution >= 4 is 44.7 Å². The van der Waals surface area contributed by atoms with E-state index in [0.717, 1.165) is 20.0 Å². The summed E-state index contributed by atoms with van der Waals surface area (Å²) >= 11 is 5.02. The first kappa shape index (κ1) is 21.8. The van der Waals surface area contributed by atoms with Gasteiger partial charge in [-0.1, -0.05) is 32.0 Å². The van der Waals surface area contributed by atoms with Gasteiger partial charge in [-0.2, -0.15) is 0 Å². The zero-order valence-corrected chi connectivity index (χ0v) is 20.2. The highest BCUT2D eigenvalue weighted by atomic mass is 79.9. The van der Waals surface area contributed by atoms with E-state index >= 15 is 0 Å². The highest BCUT2D eigenvalue weighted by Gasteiger charge is 2.47. The number of hydrogen-bond acceptors (Lipinski definition) is 6. The molecule has 1 atom stereocenters. The van der Waals surface area contributed by atoms with Crippen molar-refractivity contribution in [1.29, 1.82) is 0 Å². The van der Waals surface area contributed by atoms with Crippen molar-refractivity contribution in [3.05, 3.63) is 73.8 Å². The van der Waals surface area contributed by atoms with Crippen LogP contribution >= 0.6 is 27.3 Å². The Morgan fingerprint density at radius 1 is 1.23 bits per heavy atom. The molecule has 1 aromatic heterocycles. The Kier molecular flexibility index (Phi) is 5.83. The number of hydrogen-bond donors (Lipinski definition) is 1. The molecule has 0 radical (unpaired) electrons. The normalized spacial score (nSPS) is 20.7. The molecule has 1 aromatic carbocycles. The number of ketones is 1. The minimum absolute atomic E-state index is 0.0519. The third kappa shape index (κ3) is 3.96. The van der Waals surface area contributed by atoms with E-state index < -0.39 is 11.9 Å². The lowest BCUT2D eigenvalue weighted by Crippen LogP contribution is -2.43. The number of benzene rings is 1. The van der Waals surface area contributed by atoms with Gasteiger partial charge in [0.1, 0.15) is 5.82 Å². The lowest BCUT2D eigenvalue weighted by molar-refractivity contribution is -0.138. The first-order valence-corrected chi connectivity index (χ1v) is 11.9. The van der Waals surface area contributed by atoms with Crippen LogP contribution in [0.15, 0.2) is 68.9 Å². The summed E-state index contributed by atoms with van der Waals surface area (Å²) in [4.78, 5) is 29.5. The average Bonchev–Trinajstić information content (AvgIpc) is 3.13. The summed E-state index contributed by atoms with van der Waals surface area (Å²) in [6.07, 6.45) is 1.11. The van der Waals surface area contributed by atoms with Crippen LogP contribution < -0.4 is 10.6 Å². The van der Waals surface area contributed by atoms with Crippen LogP contribution in [0.25, 0.3) is 0 Å². The van der Waals surface area contributed by atoms with Gasteiger partial charge in [0, 0.05) is 28.3 Å². The monoisotopic (exact) mass is 500 g/mol. The van der Waals surface area contributed by atoms with E-state index in [4.69, 9.17) is 10.5 Å². The van der Waals surface area contributed by atoms with Gasteiger partial charge in [-0.05, 0) is 59.0 Å². The van der Waals surface area contributed by atoms with Crippen LogP contribution in [0.2, 0.25) is 0 Å². The number of carbonyl (C=O) groups is 2. The highest BCUT2D eigenvalue weighted by Crippen LogP contribution is 2.51. The van der Waals surface area contributed by atoms with Gasteiger partial charge in [0.25, 0.3) is 0 Å². The second kappa shape index (κ2) is 8.28. The number of carbonyl (C=O) groups excluding carboxylic acids is 2. The first-order valence-electron chi connectivity index (χ1n) is 10.3. The minimum Gasteiger partial charge on any atom is -0.463 e. The smallest absolute Gasteiger partial charge is 0.338 e. The number of nitrogens with zero attached hydrogens (tertiary/aromatic N) is 1. The Hall–Kier alpha value is -2.38. The average molecular weight is 501 g/mol. The van der Waals surface area contributed by atoms with Gasteiger partial charge in [-0.3, -0.25) is 9.69 Å². The topological polar surface area (TPSA) is 72.6 Å². The summed E-state index contributed by atoms with van der Waals surface area (Å²) < 4.78 is 6.34. The highest BCUT2D eigenvalue weighted by molar-refractivity contribution is 9.11. The van der Waals surface area contributed by atoms with Gasteiger partial charge in [0.05, 0.1) is 21.9 Å². The summed E-state index contributed by atoms with van der Waals surface area (Å²) in [6.45, 7) is 6.18. The molecule has 162 valence electrons. The fourth-order valence-electron chi connectivity index (χ4n) is 4.46. The first-order chi connectivity index (χ1) is 14.7. The van der Waals surface area contributed by atoms with Gasteiger partial charge in [-0.25, -0.2) is 4.79 Å². The molecule has 5 nitrogen and oxygen atoms in total. The van der Waals surface area contributed by atoms with Crippen molar-refractivity contribution in [2.24, 2.45) is 11.1 Å². The van der Waals surface area contributed by atoms with E-state index in [0.29, 0.717) is 29.8 Å². The van der Waals surface area contributed by atoms with Crippen LogP contribution in [0.4, 0.5) is 5.69 Å². The van der Waals surface area contributed by atoms with Crippen molar-refractivity contribution in [3.8, 4) is 0 Å². The summed E-state index contributed by atoms with van der Waals surface area (Å²) in [5.74, 6) is -0.645. The number of para-hydroxylation sites is 1. The van der Waals surface area contributed by atoms with Crippen molar-refractivity contribution in [1.82, 2.24) is 0 Å². The maximum absolute atomic E-state index is 13.5. The largest absolute Gasteiger partial charge is 0.463 e. The fourth-order valence-corrected chi connectivity index (χ4v) is 6.00. The van der Waals surface area contributed by atoms with Gasteiger partial charge < -0.3 is 10.5 Å². The summed E-state index contributed by atoms with van der Waals surface area (Å²) in [5.41, 5.74) is 9.18. The Balaban J connectivity index is 2.01. The molecule has 2 N–H and O–H groups in total. The molecule has 2 aliphatic rings. The van der Waals surface area contributed by atoms with E-state index in [9.17, 15) is 9.59 Å². The van der Waals surface area contributed by atoms with Gasteiger partial charge >= 0.3 is 5.97 Å². The Labute approximate surface area is 194 Å². The van der Waals surface area contributed by atoms with Crippen LogP contribution in [-0.4, -0.2) is 18.4 Å². The van der Waals surface area contributed by atoms with Crippen LogP contribution in [0, 0.1) is 5.41 Å². The molecule has 0 spiro atoms. The van der Waals surface area contributed by atoms with Crippen LogP contribution in [0.1, 0.15) is 44.4 Å². The maximum atomic E-state index is 13.5. The van der Waals surface area contributed by atoms with Crippen molar-refractivity contribution in [2.45, 2.75) is 39.5 Å². The number of esters is 1. The van der Waals surface area contributed by atoms with Crippen LogP contribution in [0.5, 0.6) is 0 Å². The number of nitrogens with two attached hydrogens (primary N) is 1. The summed E-state index contributed by atoms with van der Waals surface area (Å²) in [7, 11) is 0. The molecule has 0 bridgehead atoms. The third-order valence-corrected chi connectivity index (χ3v) is 7.34. The molecule has 7 heteroatoms. The number of Topliss-reactive ketones (excluding diaryl/α,β-unsaturated/α-hetero) is 1. The lowest BCUT2D eigenvalue weighted by atomic mass is 9.69. The molecule has 31 heavy (non-hydrogen) atoms. The third-order valence-electron chi connectivity index (χ3n) is 5.65. The van der Waals surface area contributed by atoms with Crippen molar-refractivity contribution in [2.75, 3.05) is 11.5 Å². The van der Waals surface area contributed by atoms with E-state index in [-0.39, 0.29) is 17.8 Å². The SMILES string of the molecule is CCOC(=O)C1=C(N)N(c2ccccc2)C2=C(C(=O)CC(C)(C)C2)[C@H]1c1ccc(Br)s1. The molecule has 0 fully saturated rings. The molecule has 1 aliphatic heterocycles. The van der Waals surface area contributed by atoms with Crippen molar-refractivity contribution in [3.63, 3.8) is 0 Å². The molecular weight excluding hydrogens is 476 g/mol. The number of thiophene rings is 1. The quantitative estimate of drug-likeness (QED) is 0.561. The van der Waals surface area contributed by atoms with Gasteiger partial charge in [0.2, 0.25) is 0 Å². The Morgan fingerprint density at radius 3 is 2.55 bits per heavy atom. The Morgan fingerprint density at radius 2 is 1.94 bits per heavy atom. The summed E-state index contributed by atoms with van der Waals surface area (Å²) in [6, 6.07) is 13.5. The number of ether oxygens (including phenoxy) is 1. The summed E-state index contributed by atoms with van der Waals surface area (Å²) in [5, 5.41) is 0. The van der Waals surface area contributed by atoms with E-state index in [1.807, 2.05) is 47.4 Å². The molecule has 1 aliphatic carbocycles. The predicted molar refractivity (Wildman–Crippen MR) is 127 cm³/mol. The second-order valence-electron chi connectivity index (χ2n) is 8.57. The van der Waals surface area contributed by atoms with Crippen LogP contribution in [0.3, 0.4) is 0 Å². The number of allylic oxidation sites excluding steroid dienone is 2. The van der Waals surface area contributed by atoms with E-state index in [2.05, 4.69) is 29.8 Å². The fraction of sp³-hybridized carbons (Fsp3) is 0.333. The molecule has 4 rings (SSSR count). The molecule has 0 unspecified atom stereocenters. The maximum Gasteiger partial charge on any atom is 0.338 e. The number of rotatable bonds is 4. The van der Waals surface area contributed by atoms with E-state index in [1.54, 1.807) is 6.92 Å².